The van der Waals surface area contributed by atoms with Crippen LogP contribution in [0.4, 0.5) is 5.82 Å². The van der Waals surface area contributed by atoms with Gasteiger partial charge < -0.3 is 10.2 Å². The highest BCUT2D eigenvalue weighted by molar-refractivity contribution is 9.10. The van der Waals surface area contributed by atoms with Gasteiger partial charge in [-0.25, -0.2) is 9.97 Å². The van der Waals surface area contributed by atoms with Gasteiger partial charge in [-0.15, -0.1) is 0 Å². The topological polar surface area (TPSA) is 58.1 Å². The van der Waals surface area contributed by atoms with E-state index in [0.29, 0.717) is 13.1 Å². The Morgan fingerprint density at radius 3 is 2.67 bits per heavy atom. The van der Waals surface area contributed by atoms with E-state index in [9.17, 15) is 4.79 Å². The number of hydrogen-bond donors (Lipinski definition) is 1. The molecule has 0 spiro atoms. The molecule has 1 N–H and O–H groups in total. The Labute approximate surface area is 189 Å². The third-order valence-corrected chi connectivity index (χ3v) is 6.59. The SMILES string of the molecule is O=C(NCc1ccc(Br)cc1)[C@H]1CCCN(c2nccnc2Sc2ccccc2)C1. The first kappa shape index (κ1) is 20.9. The zero-order valence-corrected chi connectivity index (χ0v) is 18.9. The molecule has 0 aliphatic carbocycles. The van der Waals surface area contributed by atoms with E-state index in [4.69, 9.17) is 0 Å². The van der Waals surface area contributed by atoms with E-state index >= 15 is 0 Å². The van der Waals surface area contributed by atoms with Gasteiger partial charge in [0.1, 0.15) is 5.03 Å². The number of halogens is 1. The molecule has 1 saturated heterocycles. The summed E-state index contributed by atoms with van der Waals surface area (Å²) in [5.74, 6) is 0.909. The first-order valence-electron chi connectivity index (χ1n) is 10.00. The third-order valence-electron chi connectivity index (χ3n) is 5.08. The Morgan fingerprint density at radius 1 is 1.10 bits per heavy atom. The molecular weight excluding hydrogens is 460 g/mol. The zero-order valence-electron chi connectivity index (χ0n) is 16.5. The lowest BCUT2D eigenvalue weighted by atomic mass is 9.97. The highest BCUT2D eigenvalue weighted by atomic mass is 79.9. The molecule has 1 aliphatic heterocycles. The second-order valence-corrected chi connectivity index (χ2v) is 9.21. The number of hydrogen-bond acceptors (Lipinski definition) is 5. The fourth-order valence-corrected chi connectivity index (χ4v) is 4.69. The van der Waals surface area contributed by atoms with Crippen molar-refractivity contribution in [3.05, 3.63) is 77.0 Å². The molecule has 1 aliphatic rings. The van der Waals surface area contributed by atoms with Gasteiger partial charge in [0.25, 0.3) is 0 Å². The molecule has 0 bridgehead atoms. The van der Waals surface area contributed by atoms with Gasteiger partial charge in [-0.2, -0.15) is 0 Å². The molecular formula is C23H23BrN4OS. The number of carbonyl (C=O) groups excluding carboxylic acids is 1. The standard InChI is InChI=1S/C23H23BrN4OS/c24-19-10-8-17(9-11-19)15-27-22(29)18-5-4-14-28(16-18)21-23(26-13-12-25-21)30-20-6-2-1-3-7-20/h1-3,6-13,18H,4-5,14-16H2,(H,27,29)/t18-/m0/s1. The number of aromatic nitrogens is 2. The highest BCUT2D eigenvalue weighted by Crippen LogP contribution is 2.33. The summed E-state index contributed by atoms with van der Waals surface area (Å²) in [6.45, 7) is 2.09. The summed E-state index contributed by atoms with van der Waals surface area (Å²) in [4.78, 5) is 25.3. The second-order valence-electron chi connectivity index (χ2n) is 7.23. The van der Waals surface area contributed by atoms with Gasteiger partial charge in [0.2, 0.25) is 5.91 Å². The summed E-state index contributed by atoms with van der Waals surface area (Å²) in [5, 5.41) is 3.97. The molecule has 30 heavy (non-hydrogen) atoms. The van der Waals surface area contributed by atoms with Crippen LogP contribution in [0.15, 0.2) is 81.4 Å². The maximum Gasteiger partial charge on any atom is 0.225 e. The molecule has 1 aromatic heterocycles. The van der Waals surface area contributed by atoms with Gasteiger partial charge in [0, 0.05) is 41.4 Å². The number of amides is 1. The molecule has 154 valence electrons. The van der Waals surface area contributed by atoms with Crippen LogP contribution in [-0.4, -0.2) is 29.0 Å². The van der Waals surface area contributed by atoms with Crippen molar-refractivity contribution in [2.75, 3.05) is 18.0 Å². The Hall–Kier alpha value is -2.38. The van der Waals surface area contributed by atoms with Crippen molar-refractivity contribution >= 4 is 39.4 Å². The minimum atomic E-state index is -0.0502. The molecule has 7 heteroatoms. The Morgan fingerprint density at radius 2 is 1.87 bits per heavy atom. The lowest BCUT2D eigenvalue weighted by molar-refractivity contribution is -0.125. The number of benzene rings is 2. The largest absolute Gasteiger partial charge is 0.354 e. The number of anilines is 1. The minimum absolute atomic E-state index is 0.0502. The average Bonchev–Trinajstić information content (AvgIpc) is 2.80. The van der Waals surface area contributed by atoms with Gasteiger partial charge in [-0.1, -0.05) is 58.0 Å². The molecule has 5 nitrogen and oxygen atoms in total. The predicted octanol–water partition coefficient (Wildman–Crippen LogP) is 4.92. The van der Waals surface area contributed by atoms with E-state index in [1.54, 1.807) is 24.2 Å². The minimum Gasteiger partial charge on any atom is -0.354 e. The number of nitrogens with one attached hydrogen (secondary N) is 1. The van der Waals surface area contributed by atoms with E-state index in [1.807, 2.05) is 42.5 Å². The summed E-state index contributed by atoms with van der Waals surface area (Å²) in [7, 11) is 0. The number of rotatable bonds is 6. The highest BCUT2D eigenvalue weighted by Gasteiger charge is 2.28. The van der Waals surface area contributed by atoms with Gasteiger partial charge in [0.05, 0.1) is 5.92 Å². The van der Waals surface area contributed by atoms with Crippen LogP contribution in [0.25, 0.3) is 0 Å². The summed E-state index contributed by atoms with van der Waals surface area (Å²) < 4.78 is 1.04. The van der Waals surface area contributed by atoms with E-state index in [1.165, 1.54) is 0 Å². The normalized spacial score (nSPS) is 16.3. The molecule has 2 heterocycles. The van der Waals surface area contributed by atoms with Crippen molar-refractivity contribution in [2.45, 2.75) is 29.3 Å². The van der Waals surface area contributed by atoms with Crippen LogP contribution >= 0.6 is 27.7 Å². The number of carbonyl (C=O) groups is 1. The van der Waals surface area contributed by atoms with Gasteiger partial charge in [-0.05, 0) is 42.7 Å². The second kappa shape index (κ2) is 10.1. The van der Waals surface area contributed by atoms with Crippen molar-refractivity contribution in [1.82, 2.24) is 15.3 Å². The molecule has 0 radical (unpaired) electrons. The van der Waals surface area contributed by atoms with Crippen molar-refractivity contribution in [1.29, 1.82) is 0 Å². The summed E-state index contributed by atoms with van der Waals surface area (Å²) in [6.07, 6.45) is 5.30. The Kier molecular flexibility index (Phi) is 7.02. The van der Waals surface area contributed by atoms with Crippen molar-refractivity contribution in [3.8, 4) is 0 Å². The van der Waals surface area contributed by atoms with Crippen LogP contribution in [0.5, 0.6) is 0 Å². The first-order chi connectivity index (χ1) is 14.7. The summed E-state index contributed by atoms with van der Waals surface area (Å²) in [6, 6.07) is 18.2. The van der Waals surface area contributed by atoms with Gasteiger partial charge >= 0.3 is 0 Å². The summed E-state index contributed by atoms with van der Waals surface area (Å²) >= 11 is 5.04. The van der Waals surface area contributed by atoms with E-state index < -0.39 is 0 Å². The summed E-state index contributed by atoms with van der Waals surface area (Å²) in [5.41, 5.74) is 1.09. The Bertz CT molecular complexity index is 984. The average molecular weight is 483 g/mol. The van der Waals surface area contributed by atoms with Crippen LogP contribution in [0, 0.1) is 5.92 Å². The first-order valence-corrected chi connectivity index (χ1v) is 11.6. The van der Waals surface area contributed by atoms with Crippen LogP contribution < -0.4 is 10.2 Å². The van der Waals surface area contributed by atoms with Crippen molar-refractivity contribution in [3.63, 3.8) is 0 Å². The fraction of sp³-hybridized carbons (Fsp3) is 0.261. The lowest BCUT2D eigenvalue weighted by Crippen LogP contribution is -2.43. The Balaban J connectivity index is 1.41. The van der Waals surface area contributed by atoms with Crippen molar-refractivity contribution in [2.24, 2.45) is 5.92 Å². The van der Waals surface area contributed by atoms with E-state index in [-0.39, 0.29) is 11.8 Å². The molecule has 1 fully saturated rings. The van der Waals surface area contributed by atoms with Crippen LogP contribution in [0.2, 0.25) is 0 Å². The molecule has 3 aromatic rings. The van der Waals surface area contributed by atoms with E-state index in [0.717, 1.165) is 45.2 Å². The van der Waals surface area contributed by atoms with E-state index in [2.05, 4.69) is 48.2 Å². The maximum atomic E-state index is 12.8. The zero-order chi connectivity index (χ0) is 20.8. The molecule has 0 unspecified atom stereocenters. The third kappa shape index (κ3) is 5.40. The molecule has 4 rings (SSSR count). The molecule has 2 aromatic carbocycles. The molecule has 0 saturated carbocycles. The quantitative estimate of drug-likeness (QED) is 0.539. The van der Waals surface area contributed by atoms with Gasteiger partial charge in [0.15, 0.2) is 5.82 Å². The maximum absolute atomic E-state index is 12.8. The smallest absolute Gasteiger partial charge is 0.225 e. The predicted molar refractivity (Wildman–Crippen MR) is 124 cm³/mol. The van der Waals surface area contributed by atoms with Crippen LogP contribution in [0.1, 0.15) is 18.4 Å². The molecule has 1 amide bonds. The van der Waals surface area contributed by atoms with Crippen molar-refractivity contribution < 1.29 is 4.79 Å². The van der Waals surface area contributed by atoms with Crippen LogP contribution in [0.3, 0.4) is 0 Å². The molecule has 1 atom stereocenters. The lowest BCUT2D eigenvalue weighted by Gasteiger charge is -2.33. The number of nitrogens with zero attached hydrogens (tertiary/aromatic N) is 3. The number of piperidine rings is 1. The monoisotopic (exact) mass is 482 g/mol. The van der Waals surface area contributed by atoms with Crippen LogP contribution in [-0.2, 0) is 11.3 Å². The fourth-order valence-electron chi connectivity index (χ4n) is 3.53. The van der Waals surface area contributed by atoms with Gasteiger partial charge in [-0.3, -0.25) is 4.79 Å².